The summed E-state index contributed by atoms with van der Waals surface area (Å²) in [6.07, 6.45) is 0. The second kappa shape index (κ2) is 4.38. The third-order valence-electron chi connectivity index (χ3n) is 1.98. The van der Waals surface area contributed by atoms with E-state index in [-0.39, 0.29) is 6.04 Å². The number of rotatable bonds is 3. The van der Waals surface area contributed by atoms with Crippen LogP contribution in [0.1, 0.15) is 18.1 Å². The van der Waals surface area contributed by atoms with Gasteiger partial charge in [-0.25, -0.2) is 0 Å². The first-order valence-corrected chi connectivity index (χ1v) is 4.89. The number of aryl methyl sites for hydroxylation is 2. The van der Waals surface area contributed by atoms with Crippen LogP contribution >= 0.6 is 12.2 Å². The molecule has 0 bridgehead atoms. The van der Waals surface area contributed by atoms with E-state index >= 15 is 0 Å². The molecule has 1 N–H and O–H groups in total. The quantitative estimate of drug-likeness (QED) is 0.740. The molecule has 1 rings (SSSR count). The van der Waals surface area contributed by atoms with E-state index < -0.39 is 0 Å². The van der Waals surface area contributed by atoms with E-state index in [2.05, 4.69) is 44.3 Å². The summed E-state index contributed by atoms with van der Waals surface area (Å²) in [6.45, 7) is 6.24. The molecule has 70 valence electrons. The Bertz CT molecular complexity index is 307. The van der Waals surface area contributed by atoms with Crippen molar-refractivity contribution in [2.45, 2.75) is 26.8 Å². The maximum absolute atomic E-state index is 4.86. The Kier molecular flexibility index (Phi) is 3.43. The summed E-state index contributed by atoms with van der Waals surface area (Å²) in [5.74, 6) is 0. The van der Waals surface area contributed by atoms with Crippen molar-refractivity contribution >= 4 is 23.3 Å². The van der Waals surface area contributed by atoms with Gasteiger partial charge < -0.3 is 5.32 Å². The van der Waals surface area contributed by atoms with Gasteiger partial charge in [0.2, 0.25) is 0 Å². The molecule has 0 fully saturated rings. The molecule has 0 amide bonds. The smallest absolute Gasteiger partial charge is 0.0518 e. The lowest BCUT2D eigenvalue weighted by molar-refractivity contribution is 1.08. The lowest BCUT2D eigenvalue weighted by atomic mass is 10.1. The van der Waals surface area contributed by atoms with E-state index in [0.717, 1.165) is 0 Å². The lowest BCUT2D eigenvalue weighted by Crippen LogP contribution is -2.15. The monoisotopic (exact) mass is 193 g/mol. The van der Waals surface area contributed by atoms with Gasteiger partial charge in [-0.3, -0.25) is 0 Å². The standard InChI is InChI=1S/C11H15NS/c1-8-4-5-9(2)11(6-8)12-10(3)7-13/h4-7,10,12H,1-3H3. The van der Waals surface area contributed by atoms with Crippen molar-refractivity contribution in [2.24, 2.45) is 0 Å². The molecule has 0 aliphatic rings. The van der Waals surface area contributed by atoms with E-state index in [9.17, 15) is 0 Å². The van der Waals surface area contributed by atoms with Gasteiger partial charge in [-0.05, 0) is 38.0 Å². The number of thiocarbonyl (C=S) groups is 1. The molecular formula is C11H15NS. The highest BCUT2D eigenvalue weighted by Crippen LogP contribution is 2.16. The summed E-state index contributed by atoms with van der Waals surface area (Å²) >= 11 is 4.86. The highest BCUT2D eigenvalue weighted by atomic mass is 32.1. The Hall–Kier alpha value is -0.890. The molecule has 0 aromatic heterocycles. The zero-order valence-electron chi connectivity index (χ0n) is 8.29. The predicted molar refractivity (Wildman–Crippen MR) is 62.7 cm³/mol. The summed E-state index contributed by atoms with van der Waals surface area (Å²) in [7, 11) is 0. The molecule has 0 saturated carbocycles. The lowest BCUT2D eigenvalue weighted by Gasteiger charge is -2.13. The minimum Gasteiger partial charge on any atom is -0.378 e. The number of hydrogen-bond donors (Lipinski definition) is 1. The number of hydrogen-bond acceptors (Lipinski definition) is 2. The molecule has 1 nitrogen and oxygen atoms in total. The zero-order chi connectivity index (χ0) is 9.84. The van der Waals surface area contributed by atoms with Crippen molar-refractivity contribution in [3.8, 4) is 0 Å². The molecule has 2 heteroatoms. The second-order valence-corrected chi connectivity index (χ2v) is 3.66. The minimum atomic E-state index is 0.246. The minimum absolute atomic E-state index is 0.246. The summed E-state index contributed by atoms with van der Waals surface area (Å²) in [4.78, 5) is 0. The molecule has 1 aromatic carbocycles. The Morgan fingerprint density at radius 1 is 1.38 bits per heavy atom. The number of benzene rings is 1. The van der Waals surface area contributed by atoms with E-state index in [0.29, 0.717) is 0 Å². The highest BCUT2D eigenvalue weighted by Gasteiger charge is 2.00. The molecule has 0 aliphatic carbocycles. The van der Waals surface area contributed by atoms with Crippen LogP contribution in [-0.4, -0.2) is 11.4 Å². The van der Waals surface area contributed by atoms with Crippen LogP contribution in [0.15, 0.2) is 18.2 Å². The van der Waals surface area contributed by atoms with Crippen molar-refractivity contribution in [2.75, 3.05) is 5.32 Å². The summed E-state index contributed by atoms with van der Waals surface area (Å²) in [6, 6.07) is 6.62. The molecule has 0 radical (unpaired) electrons. The van der Waals surface area contributed by atoms with Crippen LogP contribution < -0.4 is 5.32 Å². The maximum atomic E-state index is 4.86. The van der Waals surface area contributed by atoms with Crippen molar-refractivity contribution in [1.82, 2.24) is 0 Å². The Balaban J connectivity index is 2.86. The van der Waals surface area contributed by atoms with Crippen LogP contribution in [0.5, 0.6) is 0 Å². The molecule has 0 spiro atoms. The van der Waals surface area contributed by atoms with Crippen molar-refractivity contribution in [3.05, 3.63) is 29.3 Å². The van der Waals surface area contributed by atoms with Gasteiger partial charge in [0.1, 0.15) is 0 Å². The first-order valence-electron chi connectivity index (χ1n) is 4.42. The first kappa shape index (κ1) is 10.2. The van der Waals surface area contributed by atoms with Gasteiger partial charge >= 0.3 is 0 Å². The van der Waals surface area contributed by atoms with Crippen LogP contribution in [0.2, 0.25) is 0 Å². The van der Waals surface area contributed by atoms with Crippen molar-refractivity contribution in [1.29, 1.82) is 0 Å². The average molecular weight is 193 g/mol. The first-order chi connectivity index (χ1) is 6.13. The molecule has 1 aromatic rings. The molecule has 13 heavy (non-hydrogen) atoms. The molecule has 1 unspecified atom stereocenters. The van der Waals surface area contributed by atoms with Crippen LogP contribution in [0, 0.1) is 13.8 Å². The highest BCUT2D eigenvalue weighted by molar-refractivity contribution is 7.79. The van der Waals surface area contributed by atoms with Gasteiger partial charge in [-0.1, -0.05) is 24.4 Å². The summed E-state index contributed by atoms with van der Waals surface area (Å²) < 4.78 is 0. The molecular weight excluding hydrogens is 178 g/mol. The SMILES string of the molecule is Cc1ccc(C)c(NC(C)C=S)c1. The topological polar surface area (TPSA) is 12.0 Å². The van der Waals surface area contributed by atoms with Crippen LogP contribution in [0.25, 0.3) is 0 Å². The summed E-state index contributed by atoms with van der Waals surface area (Å²) in [5.41, 5.74) is 3.70. The van der Waals surface area contributed by atoms with E-state index in [1.54, 1.807) is 5.37 Å². The normalized spacial score (nSPS) is 12.2. The number of nitrogens with one attached hydrogen (secondary N) is 1. The van der Waals surface area contributed by atoms with E-state index in [4.69, 9.17) is 12.2 Å². The van der Waals surface area contributed by atoms with Gasteiger partial charge in [-0.2, -0.15) is 0 Å². The van der Waals surface area contributed by atoms with Gasteiger partial charge in [0.05, 0.1) is 6.04 Å². The Labute approximate surface area is 85.2 Å². The third-order valence-corrected chi connectivity index (χ3v) is 2.39. The van der Waals surface area contributed by atoms with Gasteiger partial charge in [0.25, 0.3) is 0 Å². The molecule has 1 atom stereocenters. The van der Waals surface area contributed by atoms with Crippen molar-refractivity contribution < 1.29 is 0 Å². The predicted octanol–water partition coefficient (Wildman–Crippen LogP) is 3.10. The average Bonchev–Trinajstić information content (AvgIpc) is 2.11. The maximum Gasteiger partial charge on any atom is 0.0518 e. The van der Waals surface area contributed by atoms with Crippen molar-refractivity contribution in [3.63, 3.8) is 0 Å². The fourth-order valence-electron chi connectivity index (χ4n) is 1.17. The second-order valence-electron chi connectivity index (χ2n) is 3.39. The van der Waals surface area contributed by atoms with E-state index in [1.165, 1.54) is 16.8 Å². The van der Waals surface area contributed by atoms with Gasteiger partial charge in [-0.15, -0.1) is 0 Å². The van der Waals surface area contributed by atoms with E-state index in [1.807, 2.05) is 0 Å². The number of anilines is 1. The van der Waals surface area contributed by atoms with Gasteiger partial charge in [0, 0.05) is 11.1 Å². The van der Waals surface area contributed by atoms with Crippen LogP contribution in [0.3, 0.4) is 0 Å². The fraction of sp³-hybridized carbons (Fsp3) is 0.364. The Morgan fingerprint density at radius 2 is 2.08 bits per heavy atom. The van der Waals surface area contributed by atoms with Crippen LogP contribution in [-0.2, 0) is 0 Å². The zero-order valence-corrected chi connectivity index (χ0v) is 9.11. The molecule has 0 aliphatic heterocycles. The molecule has 0 heterocycles. The largest absolute Gasteiger partial charge is 0.378 e. The third kappa shape index (κ3) is 2.81. The fourth-order valence-corrected chi connectivity index (χ4v) is 1.24. The summed E-state index contributed by atoms with van der Waals surface area (Å²) in [5, 5.41) is 5.08. The Morgan fingerprint density at radius 3 is 2.69 bits per heavy atom. The van der Waals surface area contributed by atoms with Gasteiger partial charge in [0.15, 0.2) is 0 Å². The molecule has 0 saturated heterocycles. The van der Waals surface area contributed by atoms with Crippen LogP contribution in [0.4, 0.5) is 5.69 Å².